The van der Waals surface area contributed by atoms with Gasteiger partial charge in [-0.2, -0.15) is 0 Å². The van der Waals surface area contributed by atoms with Gasteiger partial charge in [-0.25, -0.2) is 9.97 Å². The second kappa shape index (κ2) is 2.86. The molecule has 58 valence electrons. The molecule has 0 atom stereocenters. The van der Waals surface area contributed by atoms with E-state index in [4.69, 9.17) is 11.6 Å². The molecule has 0 bridgehead atoms. The number of aromatic nitrogens is 2. The molecule has 1 fully saturated rings. The minimum atomic E-state index is 0.586. The van der Waals surface area contributed by atoms with Gasteiger partial charge in [0.05, 0.1) is 9.26 Å². The van der Waals surface area contributed by atoms with Crippen molar-refractivity contribution in [3.63, 3.8) is 0 Å². The Morgan fingerprint density at radius 1 is 1.45 bits per heavy atom. The van der Waals surface area contributed by atoms with Crippen molar-refractivity contribution in [2.75, 3.05) is 0 Å². The van der Waals surface area contributed by atoms with Crippen molar-refractivity contribution in [3.05, 3.63) is 20.7 Å². The Hall–Kier alpha value is 0.100. The van der Waals surface area contributed by atoms with Gasteiger partial charge in [-0.05, 0) is 35.4 Å². The number of halogens is 2. The van der Waals surface area contributed by atoms with Crippen molar-refractivity contribution < 1.29 is 0 Å². The molecule has 4 heteroatoms. The Morgan fingerprint density at radius 2 is 2.18 bits per heavy atom. The molecule has 0 saturated heterocycles. The summed E-state index contributed by atoms with van der Waals surface area (Å²) in [6.07, 6.45) is 4.05. The molecule has 1 aliphatic carbocycles. The van der Waals surface area contributed by atoms with Gasteiger partial charge in [-0.1, -0.05) is 11.6 Å². The summed E-state index contributed by atoms with van der Waals surface area (Å²) in [5, 5.41) is 0.586. The Balaban J connectivity index is 2.45. The van der Waals surface area contributed by atoms with Gasteiger partial charge in [0, 0.05) is 5.92 Å². The van der Waals surface area contributed by atoms with Crippen molar-refractivity contribution in [1.82, 2.24) is 9.97 Å². The molecule has 11 heavy (non-hydrogen) atoms. The van der Waals surface area contributed by atoms with Crippen LogP contribution in [0.15, 0.2) is 6.33 Å². The minimum Gasteiger partial charge on any atom is -0.240 e. The highest BCUT2D eigenvalue weighted by Gasteiger charge is 2.27. The van der Waals surface area contributed by atoms with Crippen molar-refractivity contribution in [2.24, 2.45) is 0 Å². The molecular formula is C7H6ClIN2. The Kier molecular flexibility index (Phi) is 2.01. The summed E-state index contributed by atoms with van der Waals surface area (Å²) < 4.78 is 1.02. The first-order chi connectivity index (χ1) is 5.29. The van der Waals surface area contributed by atoms with Gasteiger partial charge >= 0.3 is 0 Å². The van der Waals surface area contributed by atoms with Crippen LogP contribution in [0.1, 0.15) is 24.5 Å². The molecule has 2 rings (SSSR count). The summed E-state index contributed by atoms with van der Waals surface area (Å²) in [6, 6.07) is 0. The van der Waals surface area contributed by atoms with Gasteiger partial charge in [0.2, 0.25) is 0 Å². The lowest BCUT2D eigenvalue weighted by molar-refractivity contribution is 0.971. The molecule has 0 spiro atoms. The predicted molar refractivity (Wildman–Crippen MR) is 51.7 cm³/mol. The van der Waals surface area contributed by atoms with Gasteiger partial charge in [-0.3, -0.25) is 0 Å². The van der Waals surface area contributed by atoms with Crippen LogP contribution in [0.25, 0.3) is 0 Å². The third-order valence-electron chi connectivity index (χ3n) is 1.74. The molecule has 1 aromatic heterocycles. The van der Waals surface area contributed by atoms with Crippen LogP contribution in [-0.4, -0.2) is 9.97 Å². The third kappa shape index (κ3) is 1.49. The highest BCUT2D eigenvalue weighted by molar-refractivity contribution is 14.1. The summed E-state index contributed by atoms with van der Waals surface area (Å²) >= 11 is 8.03. The van der Waals surface area contributed by atoms with Crippen molar-refractivity contribution in [3.8, 4) is 0 Å². The van der Waals surface area contributed by atoms with Crippen LogP contribution >= 0.6 is 34.2 Å². The maximum Gasteiger partial charge on any atom is 0.146 e. The maximum absolute atomic E-state index is 5.83. The summed E-state index contributed by atoms with van der Waals surface area (Å²) in [6.45, 7) is 0. The first-order valence-corrected chi connectivity index (χ1v) is 4.90. The normalized spacial score (nSPS) is 16.9. The lowest BCUT2D eigenvalue weighted by atomic mass is 10.3. The van der Waals surface area contributed by atoms with E-state index in [-0.39, 0.29) is 0 Å². The smallest absolute Gasteiger partial charge is 0.146 e. The van der Waals surface area contributed by atoms with Crippen molar-refractivity contribution in [2.45, 2.75) is 18.8 Å². The zero-order valence-electron chi connectivity index (χ0n) is 5.72. The molecule has 1 aromatic rings. The quantitative estimate of drug-likeness (QED) is 0.584. The number of rotatable bonds is 1. The minimum absolute atomic E-state index is 0.586. The molecule has 0 amide bonds. The molecule has 0 unspecified atom stereocenters. The molecule has 0 aromatic carbocycles. The standard InChI is InChI=1S/C7H6ClIN2/c8-7-5(9)6(4-1-2-4)10-3-11-7/h3-4H,1-2H2. The highest BCUT2D eigenvalue weighted by atomic mass is 127. The maximum atomic E-state index is 5.83. The van der Waals surface area contributed by atoms with Crippen LogP contribution in [0, 0.1) is 3.57 Å². The lowest BCUT2D eigenvalue weighted by Crippen LogP contribution is -1.93. The number of nitrogens with zero attached hydrogens (tertiary/aromatic N) is 2. The van der Waals surface area contributed by atoms with Crippen LogP contribution in [0.3, 0.4) is 0 Å². The Morgan fingerprint density at radius 3 is 2.82 bits per heavy atom. The van der Waals surface area contributed by atoms with Crippen LogP contribution in [0.2, 0.25) is 5.15 Å². The van der Waals surface area contributed by atoms with Crippen LogP contribution in [0.5, 0.6) is 0 Å². The van der Waals surface area contributed by atoms with E-state index in [1.807, 2.05) is 0 Å². The number of hydrogen-bond donors (Lipinski definition) is 0. The summed E-state index contributed by atoms with van der Waals surface area (Å²) in [7, 11) is 0. The van der Waals surface area contributed by atoms with Gasteiger partial charge in [0.15, 0.2) is 0 Å². The SMILES string of the molecule is Clc1ncnc(C2CC2)c1I. The van der Waals surface area contributed by atoms with Crippen molar-refractivity contribution >= 4 is 34.2 Å². The summed E-state index contributed by atoms with van der Waals surface area (Å²) in [5.74, 6) is 0.655. The zero-order chi connectivity index (χ0) is 7.84. The first kappa shape index (κ1) is 7.73. The van der Waals surface area contributed by atoms with E-state index in [9.17, 15) is 0 Å². The molecule has 1 heterocycles. The second-order valence-corrected chi connectivity index (χ2v) is 4.07. The summed E-state index contributed by atoms with van der Waals surface area (Å²) in [4.78, 5) is 8.09. The van der Waals surface area contributed by atoms with Gasteiger partial charge in [0.25, 0.3) is 0 Å². The zero-order valence-corrected chi connectivity index (χ0v) is 8.63. The van der Waals surface area contributed by atoms with E-state index >= 15 is 0 Å². The average molecular weight is 280 g/mol. The molecular weight excluding hydrogens is 274 g/mol. The fourth-order valence-corrected chi connectivity index (χ4v) is 1.86. The molecule has 0 radical (unpaired) electrons. The fourth-order valence-electron chi connectivity index (χ4n) is 1.00. The average Bonchev–Trinajstić information content (AvgIpc) is 2.77. The van der Waals surface area contributed by atoms with E-state index in [1.165, 1.54) is 19.2 Å². The first-order valence-electron chi connectivity index (χ1n) is 3.45. The topological polar surface area (TPSA) is 25.8 Å². The van der Waals surface area contributed by atoms with Gasteiger partial charge in [0.1, 0.15) is 11.5 Å². The van der Waals surface area contributed by atoms with E-state index in [2.05, 4.69) is 32.6 Å². The third-order valence-corrected chi connectivity index (χ3v) is 3.41. The highest BCUT2D eigenvalue weighted by Crippen LogP contribution is 2.41. The lowest BCUT2D eigenvalue weighted by Gasteiger charge is -2.00. The van der Waals surface area contributed by atoms with E-state index < -0.39 is 0 Å². The molecule has 1 saturated carbocycles. The van der Waals surface area contributed by atoms with Crippen LogP contribution in [0.4, 0.5) is 0 Å². The largest absolute Gasteiger partial charge is 0.240 e. The van der Waals surface area contributed by atoms with Crippen LogP contribution < -0.4 is 0 Å². The van der Waals surface area contributed by atoms with Gasteiger partial charge in [-0.15, -0.1) is 0 Å². The van der Waals surface area contributed by atoms with E-state index in [0.717, 1.165) is 9.26 Å². The Bertz CT molecular complexity index is 286. The molecule has 0 N–H and O–H groups in total. The Labute approximate surface area is 83.5 Å². The number of hydrogen-bond acceptors (Lipinski definition) is 2. The van der Waals surface area contributed by atoms with Crippen molar-refractivity contribution in [1.29, 1.82) is 0 Å². The molecule has 2 nitrogen and oxygen atoms in total. The fraction of sp³-hybridized carbons (Fsp3) is 0.429. The van der Waals surface area contributed by atoms with E-state index in [0.29, 0.717) is 11.1 Å². The summed E-state index contributed by atoms with van der Waals surface area (Å²) in [5.41, 5.74) is 1.13. The van der Waals surface area contributed by atoms with Crippen LogP contribution in [-0.2, 0) is 0 Å². The molecule has 0 aliphatic heterocycles. The monoisotopic (exact) mass is 280 g/mol. The van der Waals surface area contributed by atoms with E-state index in [1.54, 1.807) is 0 Å². The van der Waals surface area contributed by atoms with Gasteiger partial charge < -0.3 is 0 Å². The molecule has 1 aliphatic rings. The second-order valence-electron chi connectivity index (χ2n) is 2.64. The predicted octanol–water partition coefficient (Wildman–Crippen LogP) is 2.61.